The Bertz CT molecular complexity index is 290. The SMILES string of the molecule is NCCC1(c2cncnc2)CCSCC1. The molecule has 0 amide bonds. The molecule has 0 radical (unpaired) electrons. The Hall–Kier alpha value is -0.610. The molecule has 0 aliphatic carbocycles. The van der Waals surface area contributed by atoms with Crippen LogP contribution < -0.4 is 5.73 Å². The van der Waals surface area contributed by atoms with E-state index in [0.717, 1.165) is 13.0 Å². The molecule has 2 rings (SSSR count). The van der Waals surface area contributed by atoms with Gasteiger partial charge in [-0.05, 0) is 42.9 Å². The molecule has 1 aliphatic rings. The lowest BCUT2D eigenvalue weighted by Gasteiger charge is -2.36. The third-order valence-corrected chi connectivity index (χ3v) is 4.23. The van der Waals surface area contributed by atoms with E-state index in [1.807, 2.05) is 24.2 Å². The third-order valence-electron chi connectivity index (χ3n) is 3.25. The van der Waals surface area contributed by atoms with Crippen molar-refractivity contribution in [3.63, 3.8) is 0 Å². The number of hydrogen-bond donors (Lipinski definition) is 1. The Morgan fingerprint density at radius 1 is 1.27 bits per heavy atom. The zero-order chi connectivity index (χ0) is 10.6. The van der Waals surface area contributed by atoms with E-state index in [1.165, 1.54) is 29.9 Å². The first-order valence-corrected chi connectivity index (χ1v) is 6.56. The number of thioether (sulfide) groups is 1. The van der Waals surface area contributed by atoms with Gasteiger partial charge in [0.25, 0.3) is 0 Å². The van der Waals surface area contributed by atoms with Gasteiger partial charge in [0.1, 0.15) is 6.33 Å². The molecule has 2 heterocycles. The van der Waals surface area contributed by atoms with Crippen molar-refractivity contribution in [3.8, 4) is 0 Å². The molecule has 15 heavy (non-hydrogen) atoms. The number of nitrogens with two attached hydrogens (primary N) is 1. The fraction of sp³-hybridized carbons (Fsp3) is 0.636. The van der Waals surface area contributed by atoms with Crippen LogP contribution in [-0.4, -0.2) is 28.0 Å². The largest absolute Gasteiger partial charge is 0.330 e. The van der Waals surface area contributed by atoms with Crippen LogP contribution in [0.25, 0.3) is 0 Å². The van der Waals surface area contributed by atoms with Crippen LogP contribution in [0, 0.1) is 0 Å². The van der Waals surface area contributed by atoms with Gasteiger partial charge in [-0.3, -0.25) is 0 Å². The molecule has 1 aromatic heterocycles. The second-order valence-electron chi connectivity index (χ2n) is 4.06. The molecule has 0 saturated carbocycles. The highest BCUT2D eigenvalue weighted by Gasteiger charge is 2.33. The number of nitrogens with zero attached hydrogens (tertiary/aromatic N) is 2. The summed E-state index contributed by atoms with van der Waals surface area (Å²) in [6, 6.07) is 0. The summed E-state index contributed by atoms with van der Waals surface area (Å²) in [7, 11) is 0. The number of hydrogen-bond acceptors (Lipinski definition) is 4. The monoisotopic (exact) mass is 223 g/mol. The van der Waals surface area contributed by atoms with Gasteiger partial charge in [0.2, 0.25) is 0 Å². The van der Waals surface area contributed by atoms with E-state index in [2.05, 4.69) is 9.97 Å². The van der Waals surface area contributed by atoms with Crippen LogP contribution in [0.15, 0.2) is 18.7 Å². The fourth-order valence-electron chi connectivity index (χ4n) is 2.29. The average Bonchev–Trinajstić information content (AvgIpc) is 2.32. The van der Waals surface area contributed by atoms with Gasteiger partial charge in [0.05, 0.1) is 0 Å². The molecule has 0 atom stereocenters. The molecule has 4 heteroatoms. The van der Waals surface area contributed by atoms with Crippen molar-refractivity contribution in [2.45, 2.75) is 24.7 Å². The van der Waals surface area contributed by atoms with E-state index in [9.17, 15) is 0 Å². The highest BCUT2D eigenvalue weighted by Crippen LogP contribution is 2.40. The minimum Gasteiger partial charge on any atom is -0.330 e. The lowest BCUT2D eigenvalue weighted by molar-refractivity contribution is 0.367. The van der Waals surface area contributed by atoms with E-state index in [1.54, 1.807) is 6.33 Å². The van der Waals surface area contributed by atoms with Crippen LogP contribution in [0.4, 0.5) is 0 Å². The summed E-state index contributed by atoms with van der Waals surface area (Å²) in [6.45, 7) is 0.750. The van der Waals surface area contributed by atoms with Gasteiger partial charge in [-0.2, -0.15) is 11.8 Å². The van der Waals surface area contributed by atoms with Crippen molar-refractivity contribution < 1.29 is 0 Å². The normalized spacial score (nSPS) is 20.1. The van der Waals surface area contributed by atoms with Crippen molar-refractivity contribution in [3.05, 3.63) is 24.3 Å². The predicted octanol–water partition coefficient (Wildman–Crippen LogP) is 1.59. The Balaban J connectivity index is 2.25. The van der Waals surface area contributed by atoms with Crippen LogP contribution in [0.1, 0.15) is 24.8 Å². The molecule has 3 nitrogen and oxygen atoms in total. The first kappa shape index (κ1) is 10.9. The first-order valence-electron chi connectivity index (χ1n) is 5.41. The summed E-state index contributed by atoms with van der Waals surface area (Å²) in [5.74, 6) is 2.46. The van der Waals surface area contributed by atoms with Crippen molar-refractivity contribution in [1.82, 2.24) is 9.97 Å². The van der Waals surface area contributed by atoms with Crippen molar-refractivity contribution in [1.29, 1.82) is 0 Å². The molecule has 1 aliphatic heterocycles. The van der Waals surface area contributed by atoms with Gasteiger partial charge in [0.15, 0.2) is 0 Å². The third kappa shape index (κ3) is 2.32. The summed E-state index contributed by atoms with van der Waals surface area (Å²) in [5, 5.41) is 0. The van der Waals surface area contributed by atoms with Gasteiger partial charge in [0, 0.05) is 17.8 Å². The van der Waals surface area contributed by atoms with Gasteiger partial charge in [-0.15, -0.1) is 0 Å². The maximum atomic E-state index is 5.73. The maximum absolute atomic E-state index is 5.73. The molecule has 2 N–H and O–H groups in total. The molecule has 0 unspecified atom stereocenters. The topological polar surface area (TPSA) is 51.8 Å². The maximum Gasteiger partial charge on any atom is 0.115 e. The summed E-state index contributed by atoms with van der Waals surface area (Å²) in [6.07, 6.45) is 8.99. The molecule has 0 bridgehead atoms. The zero-order valence-electron chi connectivity index (χ0n) is 8.85. The molecule has 82 valence electrons. The molecule has 0 spiro atoms. The molecule has 1 fully saturated rings. The summed E-state index contributed by atoms with van der Waals surface area (Å²) < 4.78 is 0. The number of rotatable bonds is 3. The predicted molar refractivity (Wildman–Crippen MR) is 63.9 cm³/mol. The lowest BCUT2D eigenvalue weighted by atomic mass is 9.74. The lowest BCUT2D eigenvalue weighted by Crippen LogP contribution is -2.33. The summed E-state index contributed by atoms with van der Waals surface area (Å²) in [4.78, 5) is 8.26. The van der Waals surface area contributed by atoms with Crippen LogP contribution >= 0.6 is 11.8 Å². The average molecular weight is 223 g/mol. The first-order chi connectivity index (χ1) is 7.37. The molecule has 1 aromatic rings. The van der Waals surface area contributed by atoms with E-state index in [4.69, 9.17) is 5.73 Å². The molecular formula is C11H17N3S. The minimum atomic E-state index is 0.251. The molecular weight excluding hydrogens is 206 g/mol. The smallest absolute Gasteiger partial charge is 0.115 e. The van der Waals surface area contributed by atoms with Gasteiger partial charge in [-0.25, -0.2) is 9.97 Å². The van der Waals surface area contributed by atoms with Crippen LogP contribution in [0.3, 0.4) is 0 Å². The minimum absolute atomic E-state index is 0.251. The molecule has 0 aromatic carbocycles. The van der Waals surface area contributed by atoms with Crippen LogP contribution in [0.5, 0.6) is 0 Å². The Morgan fingerprint density at radius 2 is 1.93 bits per heavy atom. The highest BCUT2D eigenvalue weighted by atomic mass is 32.2. The fourth-order valence-corrected chi connectivity index (χ4v) is 3.57. The molecule has 1 saturated heterocycles. The zero-order valence-corrected chi connectivity index (χ0v) is 9.67. The second-order valence-corrected chi connectivity index (χ2v) is 5.28. The second kappa shape index (κ2) is 4.94. The summed E-state index contributed by atoms with van der Waals surface area (Å²) >= 11 is 2.04. The van der Waals surface area contributed by atoms with Crippen molar-refractivity contribution in [2.75, 3.05) is 18.1 Å². The summed E-state index contributed by atoms with van der Waals surface area (Å²) in [5.41, 5.74) is 7.26. The highest BCUT2D eigenvalue weighted by molar-refractivity contribution is 7.99. The van der Waals surface area contributed by atoms with E-state index < -0.39 is 0 Å². The van der Waals surface area contributed by atoms with Crippen molar-refractivity contribution >= 4 is 11.8 Å². The van der Waals surface area contributed by atoms with E-state index in [-0.39, 0.29) is 5.41 Å². The standard InChI is InChI=1S/C11H17N3S/c12-4-1-11(2-5-15-6-3-11)10-7-13-9-14-8-10/h7-9H,1-6,12H2. The Labute approximate surface area is 94.9 Å². The van der Waals surface area contributed by atoms with Gasteiger partial charge < -0.3 is 5.73 Å². The number of aromatic nitrogens is 2. The van der Waals surface area contributed by atoms with Gasteiger partial charge >= 0.3 is 0 Å². The van der Waals surface area contributed by atoms with E-state index in [0.29, 0.717) is 0 Å². The van der Waals surface area contributed by atoms with Crippen LogP contribution in [-0.2, 0) is 5.41 Å². The quantitative estimate of drug-likeness (QED) is 0.845. The van der Waals surface area contributed by atoms with Crippen molar-refractivity contribution in [2.24, 2.45) is 5.73 Å². The van der Waals surface area contributed by atoms with Crippen LogP contribution in [0.2, 0.25) is 0 Å². The Morgan fingerprint density at radius 3 is 2.53 bits per heavy atom. The van der Waals surface area contributed by atoms with Gasteiger partial charge in [-0.1, -0.05) is 0 Å². The Kier molecular flexibility index (Phi) is 3.59. The van der Waals surface area contributed by atoms with E-state index >= 15 is 0 Å².